The molecular formula is C16H21N3O. The van der Waals surface area contributed by atoms with E-state index >= 15 is 0 Å². The number of benzene rings is 1. The Balaban J connectivity index is 2.31. The zero-order chi connectivity index (χ0) is 14.7. The monoisotopic (exact) mass is 271 g/mol. The number of hydrogen-bond acceptors (Lipinski definition) is 2. The maximum atomic E-state index is 11.6. The van der Waals surface area contributed by atoms with Crippen LogP contribution in [0.3, 0.4) is 0 Å². The van der Waals surface area contributed by atoms with E-state index in [2.05, 4.69) is 41.4 Å². The first-order valence-electron chi connectivity index (χ1n) is 6.87. The summed E-state index contributed by atoms with van der Waals surface area (Å²) in [5.74, 6) is 1.27. The summed E-state index contributed by atoms with van der Waals surface area (Å²) in [5.41, 5.74) is 2.59. The van der Waals surface area contributed by atoms with Crippen LogP contribution in [-0.4, -0.2) is 15.5 Å². The molecule has 0 aliphatic carbocycles. The van der Waals surface area contributed by atoms with Crippen LogP contribution < -0.4 is 5.32 Å². The lowest BCUT2D eigenvalue weighted by Crippen LogP contribution is -2.25. The topological polar surface area (TPSA) is 46.9 Å². The minimum absolute atomic E-state index is 0.131. The molecule has 0 atom stereocenters. The molecule has 20 heavy (non-hydrogen) atoms. The molecule has 0 bridgehead atoms. The first-order valence-corrected chi connectivity index (χ1v) is 6.87. The highest BCUT2D eigenvalue weighted by Gasteiger charge is 2.12. The van der Waals surface area contributed by atoms with Gasteiger partial charge in [-0.25, -0.2) is 4.98 Å². The SMILES string of the molecule is C=C(C)C(=O)NCc1nc2ccccc2n1CC(C)C. The molecule has 4 heteroatoms. The number of rotatable bonds is 5. The fourth-order valence-electron chi connectivity index (χ4n) is 2.14. The molecule has 0 aliphatic heterocycles. The molecule has 0 spiro atoms. The van der Waals surface area contributed by atoms with Crippen LogP contribution in [0.1, 0.15) is 26.6 Å². The molecule has 2 aromatic rings. The van der Waals surface area contributed by atoms with Gasteiger partial charge >= 0.3 is 0 Å². The second kappa shape index (κ2) is 5.90. The van der Waals surface area contributed by atoms with E-state index in [1.807, 2.05) is 18.2 Å². The first kappa shape index (κ1) is 14.3. The lowest BCUT2D eigenvalue weighted by atomic mass is 10.2. The largest absolute Gasteiger partial charge is 0.345 e. The van der Waals surface area contributed by atoms with Gasteiger partial charge in [-0.15, -0.1) is 0 Å². The van der Waals surface area contributed by atoms with E-state index in [1.165, 1.54) is 0 Å². The van der Waals surface area contributed by atoms with Gasteiger partial charge in [-0.05, 0) is 25.0 Å². The third kappa shape index (κ3) is 3.07. The fraction of sp³-hybridized carbons (Fsp3) is 0.375. The number of carbonyl (C=O) groups is 1. The average molecular weight is 271 g/mol. The standard InChI is InChI=1S/C16H21N3O/c1-11(2)10-19-14-8-6-5-7-13(14)18-15(19)9-17-16(20)12(3)4/h5-8,11H,3,9-10H2,1-2,4H3,(H,17,20). The van der Waals surface area contributed by atoms with Crippen molar-refractivity contribution in [3.05, 3.63) is 42.2 Å². The smallest absolute Gasteiger partial charge is 0.246 e. The summed E-state index contributed by atoms with van der Waals surface area (Å²) >= 11 is 0. The van der Waals surface area contributed by atoms with Crippen molar-refractivity contribution in [3.63, 3.8) is 0 Å². The number of nitrogens with zero attached hydrogens (tertiary/aromatic N) is 2. The summed E-state index contributed by atoms with van der Waals surface area (Å²) in [6.45, 7) is 11.0. The molecule has 1 aromatic heterocycles. The molecule has 1 amide bonds. The van der Waals surface area contributed by atoms with Gasteiger partial charge in [-0.3, -0.25) is 4.79 Å². The van der Waals surface area contributed by atoms with Gasteiger partial charge in [0.15, 0.2) is 0 Å². The van der Waals surface area contributed by atoms with Crippen LogP contribution in [0.5, 0.6) is 0 Å². The van der Waals surface area contributed by atoms with E-state index in [9.17, 15) is 4.79 Å². The lowest BCUT2D eigenvalue weighted by molar-refractivity contribution is -0.117. The summed E-state index contributed by atoms with van der Waals surface area (Å²) in [6, 6.07) is 8.05. The predicted octanol–water partition coefficient (Wildman–Crippen LogP) is 2.88. The Morgan fingerprint density at radius 1 is 1.40 bits per heavy atom. The molecule has 1 N–H and O–H groups in total. The number of amides is 1. The molecule has 2 rings (SSSR count). The van der Waals surface area contributed by atoms with E-state index in [0.717, 1.165) is 23.4 Å². The molecule has 0 saturated carbocycles. The maximum Gasteiger partial charge on any atom is 0.246 e. The van der Waals surface area contributed by atoms with Crippen LogP contribution in [0.2, 0.25) is 0 Å². The van der Waals surface area contributed by atoms with E-state index in [1.54, 1.807) is 6.92 Å². The number of hydrogen-bond donors (Lipinski definition) is 1. The quantitative estimate of drug-likeness (QED) is 0.850. The minimum atomic E-state index is -0.131. The number of fused-ring (bicyclic) bond motifs is 1. The highest BCUT2D eigenvalue weighted by Crippen LogP contribution is 2.17. The molecule has 0 radical (unpaired) electrons. The van der Waals surface area contributed by atoms with Gasteiger partial charge in [-0.1, -0.05) is 32.6 Å². The Morgan fingerprint density at radius 3 is 2.75 bits per heavy atom. The maximum absolute atomic E-state index is 11.6. The van der Waals surface area contributed by atoms with Crippen LogP contribution in [0.15, 0.2) is 36.4 Å². The van der Waals surface area contributed by atoms with Gasteiger partial charge in [0.05, 0.1) is 17.6 Å². The van der Waals surface area contributed by atoms with Gasteiger partial charge in [0.2, 0.25) is 5.91 Å². The second-order valence-electron chi connectivity index (χ2n) is 5.48. The van der Waals surface area contributed by atoms with E-state index in [0.29, 0.717) is 18.0 Å². The minimum Gasteiger partial charge on any atom is -0.345 e. The average Bonchev–Trinajstić information content (AvgIpc) is 2.73. The van der Waals surface area contributed by atoms with Crippen molar-refractivity contribution >= 4 is 16.9 Å². The summed E-state index contributed by atoms with van der Waals surface area (Å²) in [4.78, 5) is 16.2. The molecule has 4 nitrogen and oxygen atoms in total. The summed E-state index contributed by atoms with van der Waals surface area (Å²) in [7, 11) is 0. The molecule has 0 saturated heterocycles. The van der Waals surface area contributed by atoms with Crippen molar-refractivity contribution in [1.82, 2.24) is 14.9 Å². The summed E-state index contributed by atoms with van der Waals surface area (Å²) < 4.78 is 2.18. The van der Waals surface area contributed by atoms with Crippen LogP contribution >= 0.6 is 0 Å². The van der Waals surface area contributed by atoms with E-state index in [-0.39, 0.29) is 5.91 Å². The van der Waals surface area contributed by atoms with Crippen molar-refractivity contribution in [1.29, 1.82) is 0 Å². The lowest BCUT2D eigenvalue weighted by Gasteiger charge is -2.12. The van der Waals surface area contributed by atoms with Gasteiger partial charge in [-0.2, -0.15) is 0 Å². The summed E-state index contributed by atoms with van der Waals surface area (Å²) in [5, 5.41) is 2.85. The number of aromatic nitrogens is 2. The predicted molar refractivity (Wildman–Crippen MR) is 81.2 cm³/mol. The van der Waals surface area contributed by atoms with Crippen LogP contribution in [0, 0.1) is 5.92 Å². The van der Waals surface area contributed by atoms with Crippen molar-refractivity contribution < 1.29 is 4.79 Å². The van der Waals surface area contributed by atoms with Gasteiger partial charge in [0, 0.05) is 12.1 Å². The molecular weight excluding hydrogens is 250 g/mol. The zero-order valence-electron chi connectivity index (χ0n) is 12.3. The van der Waals surface area contributed by atoms with E-state index in [4.69, 9.17) is 0 Å². The van der Waals surface area contributed by atoms with Gasteiger partial charge < -0.3 is 9.88 Å². The Labute approximate surface area is 119 Å². The molecule has 0 unspecified atom stereocenters. The summed E-state index contributed by atoms with van der Waals surface area (Å²) in [6.07, 6.45) is 0. The first-order chi connectivity index (χ1) is 9.49. The third-order valence-corrected chi connectivity index (χ3v) is 3.08. The van der Waals surface area contributed by atoms with Crippen molar-refractivity contribution in [2.45, 2.75) is 33.9 Å². The molecule has 0 aliphatic rings. The second-order valence-corrected chi connectivity index (χ2v) is 5.48. The Hall–Kier alpha value is -2.10. The third-order valence-electron chi connectivity index (χ3n) is 3.08. The van der Waals surface area contributed by atoms with Crippen molar-refractivity contribution in [3.8, 4) is 0 Å². The molecule has 1 heterocycles. The van der Waals surface area contributed by atoms with Crippen LogP contribution in [-0.2, 0) is 17.9 Å². The highest BCUT2D eigenvalue weighted by molar-refractivity contribution is 5.92. The molecule has 106 valence electrons. The van der Waals surface area contributed by atoms with Gasteiger partial charge in [0.1, 0.15) is 5.82 Å². The number of carbonyl (C=O) groups excluding carboxylic acids is 1. The number of para-hydroxylation sites is 2. The van der Waals surface area contributed by atoms with Crippen molar-refractivity contribution in [2.75, 3.05) is 0 Å². The Bertz CT molecular complexity index is 640. The molecule has 0 fully saturated rings. The van der Waals surface area contributed by atoms with Crippen LogP contribution in [0.25, 0.3) is 11.0 Å². The highest BCUT2D eigenvalue weighted by atomic mass is 16.1. The fourth-order valence-corrected chi connectivity index (χ4v) is 2.14. The van der Waals surface area contributed by atoms with E-state index < -0.39 is 0 Å². The number of imidazole rings is 1. The van der Waals surface area contributed by atoms with Crippen molar-refractivity contribution in [2.24, 2.45) is 5.92 Å². The number of nitrogens with one attached hydrogen (secondary N) is 1. The Morgan fingerprint density at radius 2 is 2.10 bits per heavy atom. The van der Waals surface area contributed by atoms with Gasteiger partial charge in [0.25, 0.3) is 0 Å². The Kier molecular flexibility index (Phi) is 4.23. The normalized spacial score (nSPS) is 11.0. The zero-order valence-corrected chi connectivity index (χ0v) is 12.3. The molecule has 1 aromatic carbocycles. The van der Waals surface area contributed by atoms with Crippen LogP contribution in [0.4, 0.5) is 0 Å².